The van der Waals surface area contributed by atoms with Gasteiger partial charge in [-0.25, -0.2) is 9.36 Å². The van der Waals surface area contributed by atoms with Crippen molar-refractivity contribution >= 4 is 44.7 Å². The minimum atomic E-state index is -0.628. The highest BCUT2D eigenvalue weighted by molar-refractivity contribution is 7.20. The number of aromatic nitrogens is 2. The zero-order valence-electron chi connectivity index (χ0n) is 18.4. The number of rotatable bonds is 5. The smallest absolute Gasteiger partial charge is 0.337 e. The Morgan fingerprint density at radius 2 is 1.82 bits per heavy atom. The number of aryl methyl sites for hydroxylation is 1. The molecule has 0 bridgehead atoms. The molecule has 0 radical (unpaired) electrons. The predicted octanol–water partition coefficient (Wildman–Crippen LogP) is 3.83. The zero-order valence-corrected chi connectivity index (χ0v) is 20.0. The third kappa shape index (κ3) is 4.02. The van der Waals surface area contributed by atoms with Gasteiger partial charge in [0, 0.05) is 31.3 Å². The first kappa shape index (κ1) is 23.4. The number of non-ortho nitro benzene ring substituents is 1. The van der Waals surface area contributed by atoms with E-state index < -0.39 is 16.2 Å². The van der Waals surface area contributed by atoms with Gasteiger partial charge in [0.05, 0.1) is 27.4 Å². The fraction of sp³-hybridized carbons (Fsp3) is 0.174. The van der Waals surface area contributed by atoms with Crippen LogP contribution in [0.1, 0.15) is 20.8 Å². The van der Waals surface area contributed by atoms with Crippen LogP contribution in [-0.2, 0) is 6.54 Å². The molecule has 0 fully saturated rings. The SMILES string of the molecule is Cc1c(C(=O)N(C)C)sc2c1c(=O)n(-c1ccc(Cl)cc1)c(=O)n2Cc1cccc([N+](=O)[O-])c1. The summed E-state index contributed by atoms with van der Waals surface area (Å²) in [6.45, 7) is 1.64. The largest absolute Gasteiger partial charge is 0.344 e. The Hall–Kier alpha value is -3.76. The number of amides is 1. The van der Waals surface area contributed by atoms with E-state index in [1.807, 2.05) is 0 Å². The monoisotopic (exact) mass is 498 g/mol. The second kappa shape index (κ2) is 8.88. The standard InChI is InChI=1S/C23H19ClN4O5S/c1-13-18-20(29)27(16-9-7-15(24)8-10-16)23(31)26(22(18)34-19(13)21(30)25(2)3)12-14-5-4-6-17(11-14)28(32)33/h4-11H,12H2,1-3H3. The molecule has 2 heterocycles. The number of nitro benzene ring substituents is 1. The van der Waals surface area contributed by atoms with E-state index in [9.17, 15) is 24.5 Å². The lowest BCUT2D eigenvalue weighted by Gasteiger charge is -2.12. The van der Waals surface area contributed by atoms with Crippen LogP contribution in [0.5, 0.6) is 0 Å². The first-order chi connectivity index (χ1) is 16.1. The van der Waals surface area contributed by atoms with Gasteiger partial charge >= 0.3 is 5.69 Å². The first-order valence-electron chi connectivity index (χ1n) is 10.1. The molecule has 0 saturated carbocycles. The number of fused-ring (bicyclic) bond motifs is 1. The number of hydrogen-bond acceptors (Lipinski definition) is 6. The van der Waals surface area contributed by atoms with Gasteiger partial charge < -0.3 is 4.90 Å². The molecule has 2 aromatic heterocycles. The summed E-state index contributed by atoms with van der Waals surface area (Å²) in [6.07, 6.45) is 0. The van der Waals surface area contributed by atoms with Gasteiger partial charge in [0.25, 0.3) is 17.2 Å². The summed E-state index contributed by atoms with van der Waals surface area (Å²) in [5.41, 5.74) is 0.00378. The van der Waals surface area contributed by atoms with Gasteiger partial charge in [-0.1, -0.05) is 23.7 Å². The third-order valence-electron chi connectivity index (χ3n) is 5.36. The number of nitro groups is 1. The highest BCUT2D eigenvalue weighted by Crippen LogP contribution is 2.29. The van der Waals surface area contributed by atoms with Gasteiger partial charge in [0.2, 0.25) is 0 Å². The Labute approximate surface area is 202 Å². The van der Waals surface area contributed by atoms with Crippen molar-refractivity contribution in [3.05, 3.63) is 101 Å². The van der Waals surface area contributed by atoms with Crippen LogP contribution in [0, 0.1) is 17.0 Å². The molecule has 4 aromatic rings. The summed E-state index contributed by atoms with van der Waals surface area (Å²) in [5.74, 6) is -0.287. The average Bonchev–Trinajstić information content (AvgIpc) is 3.14. The molecule has 0 saturated heterocycles. The third-order valence-corrected chi connectivity index (χ3v) is 6.91. The van der Waals surface area contributed by atoms with Gasteiger partial charge in [-0.15, -0.1) is 11.3 Å². The van der Waals surface area contributed by atoms with E-state index in [-0.39, 0.29) is 23.5 Å². The summed E-state index contributed by atoms with van der Waals surface area (Å²) >= 11 is 7.03. The van der Waals surface area contributed by atoms with Crippen molar-refractivity contribution in [3.8, 4) is 5.69 Å². The van der Waals surface area contributed by atoms with Crippen molar-refractivity contribution < 1.29 is 9.72 Å². The number of hydrogen-bond donors (Lipinski definition) is 0. The molecular weight excluding hydrogens is 480 g/mol. The van der Waals surface area contributed by atoms with E-state index in [0.29, 0.717) is 31.5 Å². The van der Waals surface area contributed by atoms with E-state index in [4.69, 9.17) is 11.6 Å². The van der Waals surface area contributed by atoms with Gasteiger partial charge in [-0.05, 0) is 42.3 Å². The van der Waals surface area contributed by atoms with Crippen LogP contribution in [0.2, 0.25) is 5.02 Å². The Morgan fingerprint density at radius 1 is 1.15 bits per heavy atom. The molecule has 174 valence electrons. The Bertz CT molecular complexity index is 1570. The molecule has 34 heavy (non-hydrogen) atoms. The lowest BCUT2D eigenvalue weighted by atomic mass is 10.1. The minimum Gasteiger partial charge on any atom is -0.344 e. The Morgan fingerprint density at radius 3 is 2.44 bits per heavy atom. The second-order valence-electron chi connectivity index (χ2n) is 7.85. The topological polar surface area (TPSA) is 107 Å². The molecule has 11 heteroatoms. The van der Waals surface area contributed by atoms with Gasteiger partial charge in [0.15, 0.2) is 0 Å². The van der Waals surface area contributed by atoms with Crippen molar-refractivity contribution in [2.24, 2.45) is 0 Å². The number of nitrogens with zero attached hydrogens (tertiary/aromatic N) is 4. The molecule has 0 N–H and O–H groups in total. The summed E-state index contributed by atoms with van der Waals surface area (Å²) in [4.78, 5) is 52.7. The van der Waals surface area contributed by atoms with Crippen molar-refractivity contribution in [3.63, 3.8) is 0 Å². The number of thiophene rings is 1. The van der Waals surface area contributed by atoms with Gasteiger partial charge in [-0.3, -0.25) is 24.3 Å². The van der Waals surface area contributed by atoms with E-state index in [0.717, 1.165) is 15.9 Å². The summed E-state index contributed by atoms with van der Waals surface area (Å²) < 4.78 is 2.40. The maximum Gasteiger partial charge on any atom is 0.337 e. The molecular formula is C23H19ClN4O5S. The molecule has 2 aromatic carbocycles. The Balaban J connectivity index is 2.05. The molecule has 0 spiro atoms. The van der Waals surface area contributed by atoms with Crippen LogP contribution in [0.3, 0.4) is 0 Å². The molecule has 1 amide bonds. The van der Waals surface area contributed by atoms with Crippen LogP contribution in [0.15, 0.2) is 58.1 Å². The lowest BCUT2D eigenvalue weighted by Crippen LogP contribution is -2.38. The number of halogens is 1. The molecule has 0 aliphatic heterocycles. The first-order valence-corrected chi connectivity index (χ1v) is 11.3. The van der Waals surface area contributed by atoms with Crippen LogP contribution in [-0.4, -0.2) is 39.0 Å². The second-order valence-corrected chi connectivity index (χ2v) is 9.28. The molecule has 9 nitrogen and oxygen atoms in total. The van der Waals surface area contributed by atoms with E-state index in [1.165, 1.54) is 27.7 Å². The fourth-order valence-corrected chi connectivity index (χ4v) is 5.10. The highest BCUT2D eigenvalue weighted by Gasteiger charge is 2.24. The zero-order chi connectivity index (χ0) is 24.7. The minimum absolute atomic E-state index is 0.0274. The number of benzene rings is 2. The van der Waals surface area contributed by atoms with Crippen molar-refractivity contribution in [1.29, 1.82) is 0 Å². The molecule has 4 rings (SSSR count). The van der Waals surface area contributed by atoms with Crippen molar-refractivity contribution in [2.75, 3.05) is 14.1 Å². The fourth-order valence-electron chi connectivity index (χ4n) is 3.66. The number of carbonyl (C=O) groups excluding carboxylic acids is 1. The van der Waals surface area contributed by atoms with Crippen molar-refractivity contribution in [1.82, 2.24) is 14.0 Å². The predicted molar refractivity (Wildman–Crippen MR) is 132 cm³/mol. The quantitative estimate of drug-likeness (QED) is 0.307. The molecule has 0 aliphatic rings. The number of carbonyl (C=O) groups is 1. The van der Waals surface area contributed by atoms with Gasteiger partial charge in [-0.2, -0.15) is 0 Å². The van der Waals surface area contributed by atoms with Crippen LogP contribution >= 0.6 is 22.9 Å². The average molecular weight is 499 g/mol. The van der Waals surface area contributed by atoms with Gasteiger partial charge in [0.1, 0.15) is 4.83 Å². The normalized spacial score (nSPS) is 11.1. The Kier molecular flexibility index (Phi) is 6.11. The summed E-state index contributed by atoms with van der Waals surface area (Å²) in [5, 5.41) is 11.9. The highest BCUT2D eigenvalue weighted by atomic mass is 35.5. The molecule has 0 atom stereocenters. The maximum absolute atomic E-state index is 13.6. The summed E-state index contributed by atoms with van der Waals surface area (Å²) in [6, 6.07) is 12.2. The van der Waals surface area contributed by atoms with E-state index in [1.54, 1.807) is 51.4 Å². The maximum atomic E-state index is 13.6. The van der Waals surface area contributed by atoms with E-state index >= 15 is 0 Å². The molecule has 0 aliphatic carbocycles. The van der Waals surface area contributed by atoms with Crippen LogP contribution in [0.4, 0.5) is 5.69 Å². The van der Waals surface area contributed by atoms with Crippen LogP contribution in [0.25, 0.3) is 15.9 Å². The summed E-state index contributed by atoms with van der Waals surface area (Å²) in [7, 11) is 3.21. The van der Waals surface area contributed by atoms with E-state index in [2.05, 4.69) is 0 Å². The lowest BCUT2D eigenvalue weighted by molar-refractivity contribution is -0.384. The van der Waals surface area contributed by atoms with Crippen LogP contribution < -0.4 is 11.2 Å². The van der Waals surface area contributed by atoms with Crippen molar-refractivity contribution in [2.45, 2.75) is 13.5 Å². The molecule has 0 unspecified atom stereocenters.